The SMILES string of the molecule is O=C(O)c1cc(-c2ccc(Cl)c(Cl)c2Cl)cnc1-c1ccc(Cl)c(Cl)c1Cl. The second kappa shape index (κ2) is 8.04. The highest BCUT2D eigenvalue weighted by molar-refractivity contribution is 6.50. The summed E-state index contributed by atoms with van der Waals surface area (Å²) in [7, 11) is 0. The quantitative estimate of drug-likeness (QED) is 0.385. The number of rotatable bonds is 3. The molecular formula is C18H7Cl6NO2. The molecule has 3 nitrogen and oxygen atoms in total. The summed E-state index contributed by atoms with van der Waals surface area (Å²) in [5.41, 5.74) is 1.35. The molecule has 2 aromatic carbocycles. The number of halogens is 6. The molecule has 0 aliphatic heterocycles. The molecule has 9 heteroatoms. The van der Waals surface area contributed by atoms with Crippen LogP contribution in [0.15, 0.2) is 36.5 Å². The zero-order valence-electron chi connectivity index (χ0n) is 13.0. The van der Waals surface area contributed by atoms with Crippen molar-refractivity contribution in [3.05, 3.63) is 72.2 Å². The monoisotopic (exact) mass is 479 g/mol. The van der Waals surface area contributed by atoms with Crippen LogP contribution < -0.4 is 0 Å². The van der Waals surface area contributed by atoms with Crippen LogP contribution in [0.25, 0.3) is 22.4 Å². The number of carboxylic acids is 1. The molecule has 0 unspecified atom stereocenters. The number of aromatic nitrogens is 1. The maximum atomic E-state index is 11.8. The highest BCUT2D eigenvalue weighted by atomic mass is 35.5. The highest BCUT2D eigenvalue weighted by Crippen LogP contribution is 2.41. The lowest BCUT2D eigenvalue weighted by atomic mass is 10.0. The van der Waals surface area contributed by atoms with Gasteiger partial charge >= 0.3 is 5.97 Å². The van der Waals surface area contributed by atoms with Crippen molar-refractivity contribution in [3.63, 3.8) is 0 Å². The Morgan fingerprint density at radius 1 is 0.778 bits per heavy atom. The molecule has 0 aliphatic rings. The maximum absolute atomic E-state index is 11.8. The Bertz CT molecular complexity index is 1080. The molecule has 0 aliphatic carbocycles. The van der Waals surface area contributed by atoms with Gasteiger partial charge in [-0.1, -0.05) is 75.7 Å². The lowest BCUT2D eigenvalue weighted by Crippen LogP contribution is -2.03. The fraction of sp³-hybridized carbons (Fsp3) is 0. The van der Waals surface area contributed by atoms with Crippen molar-refractivity contribution in [3.8, 4) is 22.4 Å². The third-order valence-electron chi connectivity index (χ3n) is 3.75. The Hall–Kier alpha value is -1.20. The van der Waals surface area contributed by atoms with Crippen molar-refractivity contribution < 1.29 is 9.90 Å². The minimum atomic E-state index is -1.20. The van der Waals surface area contributed by atoms with Gasteiger partial charge in [0.2, 0.25) is 0 Å². The zero-order chi connectivity index (χ0) is 19.9. The van der Waals surface area contributed by atoms with Gasteiger partial charge in [0.25, 0.3) is 0 Å². The first-order chi connectivity index (χ1) is 12.7. The molecule has 1 heterocycles. The van der Waals surface area contributed by atoms with E-state index in [0.717, 1.165) is 0 Å². The lowest BCUT2D eigenvalue weighted by molar-refractivity contribution is 0.0697. The van der Waals surface area contributed by atoms with E-state index in [-0.39, 0.29) is 41.4 Å². The van der Waals surface area contributed by atoms with Crippen LogP contribution >= 0.6 is 69.6 Å². The predicted octanol–water partition coefficient (Wildman–Crippen LogP) is 8.03. The van der Waals surface area contributed by atoms with E-state index in [2.05, 4.69) is 4.98 Å². The molecular weight excluding hydrogens is 475 g/mol. The third-order valence-corrected chi connectivity index (χ3v) is 6.34. The number of benzene rings is 2. The van der Waals surface area contributed by atoms with Gasteiger partial charge in [-0.3, -0.25) is 4.98 Å². The van der Waals surface area contributed by atoms with Crippen molar-refractivity contribution in [2.45, 2.75) is 0 Å². The Labute approximate surface area is 184 Å². The molecule has 3 rings (SSSR count). The summed E-state index contributed by atoms with van der Waals surface area (Å²) in [6.45, 7) is 0. The average Bonchev–Trinajstić information content (AvgIpc) is 2.64. The van der Waals surface area contributed by atoms with Gasteiger partial charge in [0.1, 0.15) is 0 Å². The maximum Gasteiger partial charge on any atom is 0.337 e. The number of carbonyl (C=O) groups is 1. The van der Waals surface area contributed by atoms with Gasteiger partial charge in [0.15, 0.2) is 0 Å². The minimum absolute atomic E-state index is 0.0880. The van der Waals surface area contributed by atoms with E-state index in [1.807, 2.05) is 0 Å². The molecule has 138 valence electrons. The smallest absolute Gasteiger partial charge is 0.337 e. The molecule has 0 fully saturated rings. The molecule has 0 saturated heterocycles. The van der Waals surface area contributed by atoms with E-state index in [1.165, 1.54) is 18.3 Å². The molecule has 0 radical (unpaired) electrons. The zero-order valence-corrected chi connectivity index (χ0v) is 17.6. The van der Waals surface area contributed by atoms with Gasteiger partial charge in [0.05, 0.1) is 41.4 Å². The lowest BCUT2D eigenvalue weighted by Gasteiger charge is -2.12. The van der Waals surface area contributed by atoms with Crippen LogP contribution in [0.3, 0.4) is 0 Å². The number of hydrogen-bond donors (Lipinski definition) is 1. The van der Waals surface area contributed by atoms with Crippen LogP contribution in [0.2, 0.25) is 30.1 Å². The van der Waals surface area contributed by atoms with Gasteiger partial charge in [-0.15, -0.1) is 0 Å². The third kappa shape index (κ3) is 3.86. The Morgan fingerprint density at radius 3 is 1.85 bits per heavy atom. The summed E-state index contributed by atoms with van der Waals surface area (Å²) in [6.07, 6.45) is 1.46. The van der Waals surface area contributed by atoms with Gasteiger partial charge in [-0.05, 0) is 24.3 Å². The van der Waals surface area contributed by atoms with Crippen molar-refractivity contribution in [1.82, 2.24) is 4.98 Å². The summed E-state index contributed by atoms with van der Waals surface area (Å²) < 4.78 is 0. The molecule has 27 heavy (non-hydrogen) atoms. The normalized spacial score (nSPS) is 10.9. The molecule has 1 aromatic heterocycles. The van der Waals surface area contributed by atoms with E-state index < -0.39 is 5.97 Å². The van der Waals surface area contributed by atoms with E-state index in [9.17, 15) is 9.90 Å². The van der Waals surface area contributed by atoms with E-state index >= 15 is 0 Å². The number of carboxylic acid groups (broad SMARTS) is 1. The van der Waals surface area contributed by atoms with Crippen LogP contribution in [0.5, 0.6) is 0 Å². The molecule has 0 spiro atoms. The van der Waals surface area contributed by atoms with E-state index in [1.54, 1.807) is 18.2 Å². The standard InChI is InChI=1S/C18H7Cl6NO2/c19-11-3-1-8(13(21)15(11)23)7-5-10(18(26)27)17(25-6-7)9-2-4-12(20)16(24)14(9)22/h1-6H,(H,26,27). The predicted molar refractivity (Wildman–Crippen MR) is 112 cm³/mol. The topological polar surface area (TPSA) is 50.2 Å². The molecule has 0 amide bonds. The summed E-state index contributed by atoms with van der Waals surface area (Å²) in [6, 6.07) is 7.69. The minimum Gasteiger partial charge on any atom is -0.478 e. The highest BCUT2D eigenvalue weighted by Gasteiger charge is 2.20. The Balaban J connectivity index is 2.22. The first-order valence-corrected chi connectivity index (χ1v) is 9.50. The van der Waals surface area contributed by atoms with E-state index in [0.29, 0.717) is 16.7 Å². The van der Waals surface area contributed by atoms with Crippen LogP contribution in [0.4, 0.5) is 0 Å². The number of nitrogens with zero attached hydrogens (tertiary/aromatic N) is 1. The Morgan fingerprint density at radius 2 is 1.30 bits per heavy atom. The number of hydrogen-bond acceptors (Lipinski definition) is 2. The largest absolute Gasteiger partial charge is 0.478 e. The van der Waals surface area contributed by atoms with Gasteiger partial charge in [0, 0.05) is 22.9 Å². The van der Waals surface area contributed by atoms with Crippen molar-refractivity contribution in [2.75, 3.05) is 0 Å². The van der Waals surface area contributed by atoms with Crippen LogP contribution in [-0.4, -0.2) is 16.1 Å². The van der Waals surface area contributed by atoms with Gasteiger partial charge in [-0.2, -0.15) is 0 Å². The molecule has 0 saturated carbocycles. The fourth-order valence-electron chi connectivity index (χ4n) is 2.45. The van der Waals surface area contributed by atoms with Gasteiger partial charge < -0.3 is 5.11 Å². The molecule has 3 aromatic rings. The first-order valence-electron chi connectivity index (χ1n) is 7.23. The van der Waals surface area contributed by atoms with Crippen molar-refractivity contribution in [2.24, 2.45) is 0 Å². The van der Waals surface area contributed by atoms with Crippen LogP contribution in [0, 0.1) is 0 Å². The fourth-order valence-corrected chi connectivity index (χ4v) is 3.72. The molecule has 0 atom stereocenters. The Kier molecular flexibility index (Phi) is 6.11. The van der Waals surface area contributed by atoms with Crippen molar-refractivity contribution >= 4 is 75.6 Å². The van der Waals surface area contributed by atoms with Gasteiger partial charge in [-0.25, -0.2) is 4.79 Å². The van der Waals surface area contributed by atoms with Crippen LogP contribution in [-0.2, 0) is 0 Å². The summed E-state index contributed by atoms with van der Waals surface area (Å²) in [5, 5.41) is 10.8. The molecule has 1 N–H and O–H groups in total. The van der Waals surface area contributed by atoms with E-state index in [4.69, 9.17) is 69.6 Å². The second-order valence-corrected chi connectivity index (χ2v) is 7.70. The summed E-state index contributed by atoms with van der Waals surface area (Å²) in [5.74, 6) is -1.20. The second-order valence-electron chi connectivity index (χ2n) is 5.37. The number of aromatic carboxylic acids is 1. The average molecular weight is 482 g/mol. The van der Waals surface area contributed by atoms with Crippen molar-refractivity contribution in [1.29, 1.82) is 0 Å². The summed E-state index contributed by atoms with van der Waals surface area (Å²) in [4.78, 5) is 16.1. The molecule has 0 bridgehead atoms. The van der Waals surface area contributed by atoms with Crippen LogP contribution in [0.1, 0.15) is 10.4 Å². The number of pyridine rings is 1. The summed E-state index contributed by atoms with van der Waals surface area (Å²) >= 11 is 36.5. The first kappa shape index (κ1) is 20.5.